The van der Waals surface area contributed by atoms with Gasteiger partial charge in [0.2, 0.25) is 5.91 Å². The number of rotatable bonds is 2. The van der Waals surface area contributed by atoms with Gasteiger partial charge in [0.25, 0.3) is 0 Å². The van der Waals surface area contributed by atoms with Gasteiger partial charge in [0.1, 0.15) is 0 Å². The van der Waals surface area contributed by atoms with Gasteiger partial charge in [0.15, 0.2) is 0 Å². The van der Waals surface area contributed by atoms with Crippen molar-refractivity contribution in [2.24, 2.45) is 0 Å². The van der Waals surface area contributed by atoms with Crippen molar-refractivity contribution in [1.82, 2.24) is 10.2 Å². The van der Waals surface area contributed by atoms with E-state index in [1.807, 2.05) is 0 Å². The van der Waals surface area contributed by atoms with E-state index in [1.165, 1.54) is 6.92 Å². The van der Waals surface area contributed by atoms with Crippen molar-refractivity contribution in [3.63, 3.8) is 0 Å². The maximum Gasteiger partial charge on any atom is 0.319 e. The molecule has 1 aliphatic rings. The molecule has 1 heterocycles. The summed E-state index contributed by atoms with van der Waals surface area (Å²) in [5.41, 5.74) is 0.645. The van der Waals surface area contributed by atoms with Crippen molar-refractivity contribution in [2.45, 2.75) is 19.4 Å². The lowest BCUT2D eigenvalue weighted by molar-refractivity contribution is -0.127. The van der Waals surface area contributed by atoms with Crippen LogP contribution in [-0.2, 0) is 4.79 Å². The molecule has 0 aliphatic carbocycles. The highest BCUT2D eigenvalue weighted by atomic mass is 35.5. The Bertz CT molecular complexity index is 493. The SMILES string of the molecule is CC(=O)N1CCC(NC(=O)Nc2cccc(Cl)c2)C1. The van der Waals surface area contributed by atoms with Crippen LogP contribution in [0.2, 0.25) is 5.02 Å². The Balaban J connectivity index is 1.84. The molecule has 0 bridgehead atoms. The lowest BCUT2D eigenvalue weighted by Crippen LogP contribution is -2.40. The fourth-order valence-corrected chi connectivity index (χ4v) is 2.27. The molecule has 0 aromatic heterocycles. The fraction of sp³-hybridized carbons (Fsp3) is 0.385. The number of halogens is 1. The Morgan fingerprint density at radius 2 is 2.21 bits per heavy atom. The van der Waals surface area contributed by atoms with E-state index in [1.54, 1.807) is 29.2 Å². The second-order valence-electron chi connectivity index (χ2n) is 4.56. The van der Waals surface area contributed by atoms with Crippen LogP contribution in [0.4, 0.5) is 10.5 Å². The van der Waals surface area contributed by atoms with Crippen LogP contribution < -0.4 is 10.6 Å². The number of anilines is 1. The smallest absolute Gasteiger partial charge is 0.319 e. The average Bonchev–Trinajstić information content (AvgIpc) is 2.77. The average molecular weight is 282 g/mol. The largest absolute Gasteiger partial charge is 0.341 e. The van der Waals surface area contributed by atoms with Crippen molar-refractivity contribution in [1.29, 1.82) is 0 Å². The summed E-state index contributed by atoms with van der Waals surface area (Å²) in [6, 6.07) is 6.68. The molecule has 5 nitrogen and oxygen atoms in total. The molecule has 19 heavy (non-hydrogen) atoms. The van der Waals surface area contributed by atoms with Crippen LogP contribution in [0.5, 0.6) is 0 Å². The van der Waals surface area contributed by atoms with Crippen molar-refractivity contribution in [3.8, 4) is 0 Å². The van der Waals surface area contributed by atoms with E-state index in [0.29, 0.717) is 23.8 Å². The maximum absolute atomic E-state index is 11.8. The number of likely N-dealkylation sites (tertiary alicyclic amines) is 1. The standard InChI is InChI=1S/C13H16ClN3O2/c1-9(18)17-6-5-12(8-17)16-13(19)15-11-4-2-3-10(14)7-11/h2-4,7,12H,5-6,8H2,1H3,(H2,15,16,19). The molecule has 2 rings (SSSR count). The topological polar surface area (TPSA) is 61.4 Å². The number of benzene rings is 1. The molecule has 1 aromatic carbocycles. The number of hydrogen-bond donors (Lipinski definition) is 2. The molecule has 0 spiro atoms. The molecule has 1 aliphatic heterocycles. The summed E-state index contributed by atoms with van der Waals surface area (Å²) in [6.07, 6.45) is 0.780. The van der Waals surface area contributed by atoms with Gasteiger partial charge < -0.3 is 15.5 Å². The molecule has 2 N–H and O–H groups in total. The molecule has 1 unspecified atom stereocenters. The highest BCUT2D eigenvalue weighted by Gasteiger charge is 2.25. The Morgan fingerprint density at radius 3 is 2.84 bits per heavy atom. The Hall–Kier alpha value is -1.75. The van der Waals surface area contributed by atoms with Gasteiger partial charge >= 0.3 is 6.03 Å². The molecule has 1 fully saturated rings. The van der Waals surface area contributed by atoms with Crippen molar-refractivity contribution >= 4 is 29.2 Å². The lowest BCUT2D eigenvalue weighted by Gasteiger charge is -2.15. The third-order valence-corrected chi connectivity index (χ3v) is 3.29. The quantitative estimate of drug-likeness (QED) is 0.872. The van der Waals surface area contributed by atoms with Crippen molar-refractivity contribution in [2.75, 3.05) is 18.4 Å². The second kappa shape index (κ2) is 5.93. The van der Waals surface area contributed by atoms with Gasteiger partial charge in [-0.05, 0) is 24.6 Å². The highest BCUT2D eigenvalue weighted by molar-refractivity contribution is 6.30. The second-order valence-corrected chi connectivity index (χ2v) is 5.00. The van der Waals surface area contributed by atoms with Gasteiger partial charge in [-0.15, -0.1) is 0 Å². The van der Waals surface area contributed by atoms with Crippen LogP contribution in [-0.4, -0.2) is 36.0 Å². The minimum Gasteiger partial charge on any atom is -0.341 e. The van der Waals surface area contributed by atoms with Crippen LogP contribution in [0.15, 0.2) is 24.3 Å². The summed E-state index contributed by atoms with van der Waals surface area (Å²) >= 11 is 5.84. The zero-order valence-electron chi connectivity index (χ0n) is 10.6. The van der Waals surface area contributed by atoms with E-state index < -0.39 is 0 Å². The van der Waals surface area contributed by atoms with E-state index in [2.05, 4.69) is 10.6 Å². The van der Waals surface area contributed by atoms with Crippen molar-refractivity contribution < 1.29 is 9.59 Å². The predicted octanol–water partition coefficient (Wildman–Crippen LogP) is 2.08. The van der Waals surface area contributed by atoms with Crippen LogP contribution in [0.3, 0.4) is 0 Å². The maximum atomic E-state index is 11.8. The van der Waals surface area contributed by atoms with Gasteiger partial charge in [-0.2, -0.15) is 0 Å². The molecule has 3 amide bonds. The first-order valence-electron chi connectivity index (χ1n) is 6.13. The number of carbonyl (C=O) groups is 2. The minimum atomic E-state index is -0.280. The fourth-order valence-electron chi connectivity index (χ4n) is 2.08. The number of carbonyl (C=O) groups excluding carboxylic acids is 2. The van der Waals surface area contributed by atoms with Gasteiger partial charge in [-0.1, -0.05) is 17.7 Å². The van der Waals surface area contributed by atoms with Crippen LogP contribution in [0.1, 0.15) is 13.3 Å². The zero-order valence-corrected chi connectivity index (χ0v) is 11.4. The van der Waals surface area contributed by atoms with E-state index >= 15 is 0 Å². The van der Waals surface area contributed by atoms with Gasteiger partial charge in [-0.25, -0.2) is 4.79 Å². The highest BCUT2D eigenvalue weighted by Crippen LogP contribution is 2.15. The van der Waals surface area contributed by atoms with E-state index in [0.717, 1.165) is 6.42 Å². The molecule has 1 aromatic rings. The molecule has 1 saturated heterocycles. The summed E-state index contributed by atoms with van der Waals surface area (Å²) < 4.78 is 0. The molecule has 0 saturated carbocycles. The summed E-state index contributed by atoms with van der Waals surface area (Å²) in [4.78, 5) is 24.7. The molecule has 1 atom stereocenters. The van der Waals surface area contributed by atoms with Crippen LogP contribution >= 0.6 is 11.6 Å². The summed E-state index contributed by atoms with van der Waals surface area (Å²) in [6.45, 7) is 2.80. The number of amides is 3. The minimum absolute atomic E-state index is 0.00286. The number of nitrogens with one attached hydrogen (secondary N) is 2. The Kier molecular flexibility index (Phi) is 4.27. The predicted molar refractivity (Wildman–Crippen MR) is 74.3 cm³/mol. The summed E-state index contributed by atoms with van der Waals surface area (Å²) in [5, 5.41) is 6.13. The van der Waals surface area contributed by atoms with Gasteiger partial charge in [0.05, 0.1) is 0 Å². The normalized spacial score (nSPS) is 18.2. The van der Waals surface area contributed by atoms with Crippen molar-refractivity contribution in [3.05, 3.63) is 29.3 Å². The van der Waals surface area contributed by atoms with Gasteiger partial charge in [-0.3, -0.25) is 4.79 Å². The van der Waals surface area contributed by atoms with Crippen LogP contribution in [0.25, 0.3) is 0 Å². The zero-order chi connectivity index (χ0) is 13.8. The molecular weight excluding hydrogens is 266 g/mol. The first-order chi connectivity index (χ1) is 9.04. The number of nitrogens with zero attached hydrogens (tertiary/aromatic N) is 1. The molecular formula is C13H16ClN3O2. The van der Waals surface area contributed by atoms with E-state index in [9.17, 15) is 9.59 Å². The molecule has 6 heteroatoms. The van der Waals surface area contributed by atoms with E-state index in [4.69, 9.17) is 11.6 Å². The number of hydrogen-bond acceptors (Lipinski definition) is 2. The molecule has 102 valence electrons. The monoisotopic (exact) mass is 281 g/mol. The first-order valence-corrected chi connectivity index (χ1v) is 6.51. The third-order valence-electron chi connectivity index (χ3n) is 3.05. The summed E-state index contributed by atoms with van der Waals surface area (Å²) in [5.74, 6) is 0.0412. The lowest BCUT2D eigenvalue weighted by atomic mass is 10.3. The van der Waals surface area contributed by atoms with Gasteiger partial charge in [0, 0.05) is 36.8 Å². The third kappa shape index (κ3) is 3.86. The Morgan fingerprint density at radius 1 is 1.42 bits per heavy atom. The summed E-state index contributed by atoms with van der Waals surface area (Å²) in [7, 11) is 0. The van der Waals surface area contributed by atoms with E-state index in [-0.39, 0.29) is 18.0 Å². The van der Waals surface area contributed by atoms with Crippen LogP contribution in [0, 0.1) is 0 Å². The number of urea groups is 1. The Labute approximate surface area is 116 Å². The first kappa shape index (κ1) is 13.7. The molecule has 0 radical (unpaired) electrons.